The Balaban J connectivity index is 1.60. The number of carbonyl (C=O) groups is 1. The van der Waals surface area contributed by atoms with Crippen LogP contribution in [-0.2, 0) is 0 Å². The van der Waals surface area contributed by atoms with Crippen LogP contribution in [0.15, 0.2) is 60.0 Å². The second-order valence-corrected chi connectivity index (χ2v) is 6.50. The molecular formula is C18H12N4O3S. The molecule has 0 radical (unpaired) electrons. The Morgan fingerprint density at radius 3 is 2.81 bits per heavy atom. The lowest BCUT2D eigenvalue weighted by Crippen LogP contribution is -2.12. The number of anilines is 1. The van der Waals surface area contributed by atoms with Crippen molar-refractivity contribution in [2.24, 2.45) is 0 Å². The van der Waals surface area contributed by atoms with Crippen molar-refractivity contribution in [1.29, 1.82) is 0 Å². The molecule has 2 heterocycles. The third kappa shape index (κ3) is 3.05. The van der Waals surface area contributed by atoms with Crippen LogP contribution in [0, 0.1) is 10.1 Å². The molecule has 4 rings (SSSR count). The van der Waals surface area contributed by atoms with E-state index < -0.39 is 10.8 Å². The lowest BCUT2D eigenvalue weighted by atomic mass is 10.2. The summed E-state index contributed by atoms with van der Waals surface area (Å²) in [4.78, 5) is 31.5. The predicted molar refractivity (Wildman–Crippen MR) is 100 cm³/mol. The molecule has 26 heavy (non-hydrogen) atoms. The van der Waals surface area contributed by atoms with Gasteiger partial charge in [0.2, 0.25) is 0 Å². The molecule has 0 aliphatic carbocycles. The van der Waals surface area contributed by atoms with Crippen molar-refractivity contribution in [1.82, 2.24) is 9.97 Å². The van der Waals surface area contributed by atoms with Gasteiger partial charge in [0.1, 0.15) is 5.82 Å². The summed E-state index contributed by atoms with van der Waals surface area (Å²) in [7, 11) is 0. The van der Waals surface area contributed by atoms with Crippen LogP contribution in [0.5, 0.6) is 0 Å². The highest BCUT2D eigenvalue weighted by Gasteiger charge is 2.13. The summed E-state index contributed by atoms with van der Waals surface area (Å²) in [6.07, 6.45) is 0. The topological polar surface area (TPSA) is 101 Å². The van der Waals surface area contributed by atoms with Crippen LogP contribution in [0.1, 0.15) is 10.4 Å². The fourth-order valence-corrected chi connectivity index (χ4v) is 3.25. The van der Waals surface area contributed by atoms with Crippen LogP contribution in [0.3, 0.4) is 0 Å². The maximum absolute atomic E-state index is 12.4. The maximum Gasteiger partial charge on any atom is 0.270 e. The molecule has 0 fully saturated rings. The van der Waals surface area contributed by atoms with E-state index >= 15 is 0 Å². The van der Waals surface area contributed by atoms with E-state index in [1.165, 1.54) is 24.3 Å². The number of thiophene rings is 1. The molecule has 128 valence electrons. The number of hydrogen-bond donors (Lipinski definition) is 2. The van der Waals surface area contributed by atoms with Gasteiger partial charge < -0.3 is 10.3 Å². The predicted octanol–water partition coefficient (Wildman–Crippen LogP) is 4.45. The van der Waals surface area contributed by atoms with Crippen LogP contribution in [0.25, 0.3) is 21.7 Å². The smallest absolute Gasteiger partial charge is 0.270 e. The fourth-order valence-electron chi connectivity index (χ4n) is 2.58. The van der Waals surface area contributed by atoms with E-state index in [1.54, 1.807) is 23.5 Å². The number of nitrogens with one attached hydrogen (secondary N) is 2. The van der Waals surface area contributed by atoms with Gasteiger partial charge in [0.25, 0.3) is 11.6 Å². The van der Waals surface area contributed by atoms with E-state index in [1.807, 2.05) is 23.6 Å². The van der Waals surface area contributed by atoms with Crippen LogP contribution >= 0.6 is 11.3 Å². The van der Waals surface area contributed by atoms with Gasteiger partial charge in [-0.3, -0.25) is 14.9 Å². The Morgan fingerprint density at radius 1 is 1.15 bits per heavy atom. The highest BCUT2D eigenvalue weighted by Crippen LogP contribution is 2.26. The number of nitrogens with zero attached hydrogens (tertiary/aromatic N) is 2. The molecule has 0 saturated carbocycles. The van der Waals surface area contributed by atoms with Crippen molar-refractivity contribution in [3.63, 3.8) is 0 Å². The maximum atomic E-state index is 12.4. The number of imidazole rings is 1. The molecule has 0 unspecified atom stereocenters. The molecular weight excluding hydrogens is 352 g/mol. The molecule has 0 aliphatic heterocycles. The number of benzene rings is 2. The first kappa shape index (κ1) is 16.0. The zero-order valence-electron chi connectivity index (χ0n) is 13.3. The second kappa shape index (κ2) is 6.41. The number of rotatable bonds is 4. The van der Waals surface area contributed by atoms with E-state index in [4.69, 9.17) is 0 Å². The Bertz CT molecular complexity index is 1120. The van der Waals surface area contributed by atoms with Crippen molar-refractivity contribution in [3.8, 4) is 10.7 Å². The molecule has 0 saturated heterocycles. The molecule has 0 atom stereocenters. The molecule has 2 aromatic carbocycles. The minimum atomic E-state index is -0.529. The Morgan fingerprint density at radius 2 is 2.04 bits per heavy atom. The summed E-state index contributed by atoms with van der Waals surface area (Å²) in [6.45, 7) is 0. The Hall–Kier alpha value is -3.52. The summed E-state index contributed by atoms with van der Waals surface area (Å²) in [5.41, 5.74) is 2.26. The van der Waals surface area contributed by atoms with Gasteiger partial charge in [-0.15, -0.1) is 11.3 Å². The van der Waals surface area contributed by atoms with Gasteiger partial charge in [-0.2, -0.15) is 0 Å². The summed E-state index contributed by atoms with van der Waals surface area (Å²) in [5, 5.41) is 15.6. The number of amides is 1. The molecule has 8 heteroatoms. The van der Waals surface area contributed by atoms with Crippen molar-refractivity contribution < 1.29 is 9.72 Å². The molecule has 0 bridgehead atoms. The number of H-pyrrole nitrogens is 1. The van der Waals surface area contributed by atoms with E-state index in [0.29, 0.717) is 5.69 Å². The van der Waals surface area contributed by atoms with Gasteiger partial charge in [0.15, 0.2) is 0 Å². The van der Waals surface area contributed by atoms with E-state index in [0.717, 1.165) is 21.7 Å². The van der Waals surface area contributed by atoms with Crippen LogP contribution in [0.4, 0.5) is 11.4 Å². The molecule has 0 spiro atoms. The van der Waals surface area contributed by atoms with Crippen molar-refractivity contribution in [2.75, 3.05) is 5.32 Å². The van der Waals surface area contributed by atoms with Gasteiger partial charge in [-0.25, -0.2) is 4.98 Å². The van der Waals surface area contributed by atoms with E-state index in [2.05, 4.69) is 15.3 Å². The molecule has 7 nitrogen and oxygen atoms in total. The third-order valence-electron chi connectivity index (χ3n) is 3.81. The molecule has 0 aliphatic rings. The van der Waals surface area contributed by atoms with Gasteiger partial charge in [-0.05, 0) is 35.7 Å². The number of fused-ring (bicyclic) bond motifs is 1. The first-order valence-corrected chi connectivity index (χ1v) is 8.57. The molecule has 1 amide bonds. The first-order valence-electron chi connectivity index (χ1n) is 7.69. The molecule has 4 aromatic rings. The van der Waals surface area contributed by atoms with E-state index in [9.17, 15) is 14.9 Å². The summed E-state index contributed by atoms with van der Waals surface area (Å²) in [5.74, 6) is 0.360. The van der Waals surface area contributed by atoms with Crippen LogP contribution < -0.4 is 5.32 Å². The Kier molecular flexibility index (Phi) is 3.94. The van der Waals surface area contributed by atoms with Gasteiger partial charge in [0.05, 0.1) is 20.8 Å². The van der Waals surface area contributed by atoms with Crippen molar-refractivity contribution in [2.45, 2.75) is 0 Å². The Labute approximate surface area is 151 Å². The number of non-ortho nitro benzene ring substituents is 1. The van der Waals surface area contributed by atoms with Crippen LogP contribution in [0.2, 0.25) is 0 Å². The average Bonchev–Trinajstić information content (AvgIpc) is 3.30. The largest absolute Gasteiger partial charge is 0.337 e. The number of aromatic nitrogens is 2. The summed E-state index contributed by atoms with van der Waals surface area (Å²) in [6, 6.07) is 14.9. The first-order chi connectivity index (χ1) is 12.6. The average molecular weight is 364 g/mol. The fraction of sp³-hybridized carbons (Fsp3) is 0. The standard InChI is InChI=1S/C18H12N4O3S/c23-18(11-3-1-4-13(9-11)22(24)25)19-12-6-7-14-15(10-12)21-17(20-14)16-5-2-8-26-16/h1-10H,(H,19,23)(H,20,21). The number of aromatic amines is 1. The van der Waals surface area contributed by atoms with Gasteiger partial charge in [0, 0.05) is 23.4 Å². The van der Waals surface area contributed by atoms with E-state index in [-0.39, 0.29) is 11.3 Å². The lowest BCUT2D eigenvalue weighted by molar-refractivity contribution is -0.384. The van der Waals surface area contributed by atoms with Gasteiger partial charge in [-0.1, -0.05) is 12.1 Å². The zero-order chi connectivity index (χ0) is 18.1. The zero-order valence-corrected chi connectivity index (χ0v) is 14.1. The number of nitro groups is 1. The highest BCUT2D eigenvalue weighted by molar-refractivity contribution is 7.13. The number of nitro benzene ring substituents is 1. The number of hydrogen-bond acceptors (Lipinski definition) is 5. The van der Waals surface area contributed by atoms with Crippen molar-refractivity contribution in [3.05, 3.63) is 75.7 Å². The van der Waals surface area contributed by atoms with Crippen molar-refractivity contribution >= 4 is 39.7 Å². The number of carbonyl (C=O) groups excluding carboxylic acids is 1. The SMILES string of the molecule is O=C(Nc1ccc2[nH]c(-c3cccs3)nc2c1)c1cccc([N+](=O)[O-])c1. The third-order valence-corrected chi connectivity index (χ3v) is 4.69. The summed E-state index contributed by atoms with van der Waals surface area (Å²) >= 11 is 1.59. The second-order valence-electron chi connectivity index (χ2n) is 5.56. The van der Waals surface area contributed by atoms with Crippen LogP contribution in [-0.4, -0.2) is 20.8 Å². The molecule has 2 N–H and O–H groups in total. The quantitative estimate of drug-likeness (QED) is 0.412. The minimum absolute atomic E-state index is 0.124. The lowest BCUT2D eigenvalue weighted by Gasteiger charge is -2.05. The summed E-state index contributed by atoms with van der Waals surface area (Å²) < 4.78 is 0. The highest BCUT2D eigenvalue weighted by atomic mass is 32.1. The van der Waals surface area contributed by atoms with Gasteiger partial charge >= 0.3 is 0 Å². The normalized spacial score (nSPS) is 10.8. The monoisotopic (exact) mass is 364 g/mol. The molecule has 2 aromatic heterocycles. The minimum Gasteiger partial charge on any atom is -0.337 e.